The van der Waals surface area contributed by atoms with Crippen LogP contribution < -0.4 is 5.56 Å². The van der Waals surface area contributed by atoms with Gasteiger partial charge in [0.05, 0.1) is 30.2 Å². The largest absolute Gasteiger partial charge is 0.394 e. The molecule has 0 bridgehead atoms. The Labute approximate surface area is 157 Å². The number of aliphatic hydroxyl groups excluding tert-OH is 1. The summed E-state index contributed by atoms with van der Waals surface area (Å²) in [7, 11) is 0. The van der Waals surface area contributed by atoms with Crippen LogP contribution in [0.25, 0.3) is 16.9 Å². The lowest BCUT2D eigenvalue weighted by atomic mass is 10.1. The Kier molecular flexibility index (Phi) is 3.47. The number of fused-ring (bicyclic) bond motifs is 3. The van der Waals surface area contributed by atoms with Crippen LogP contribution in [0.1, 0.15) is 24.2 Å². The molecule has 0 unspecified atom stereocenters. The Morgan fingerprint density at radius 2 is 2.12 bits per heavy atom. The van der Waals surface area contributed by atoms with Gasteiger partial charge in [-0.1, -0.05) is 28.4 Å². The second kappa shape index (κ2) is 5.64. The lowest BCUT2D eigenvalue weighted by molar-refractivity contribution is 0.216. The van der Waals surface area contributed by atoms with E-state index in [1.165, 1.54) is 10.7 Å². The van der Waals surface area contributed by atoms with Crippen molar-refractivity contribution in [3.8, 4) is 16.9 Å². The Bertz CT molecular complexity index is 1090. The lowest BCUT2D eigenvalue weighted by Crippen LogP contribution is -2.28. The second-order valence-electron chi connectivity index (χ2n) is 6.61. The molecule has 7 nitrogen and oxygen atoms in total. The van der Waals surface area contributed by atoms with Gasteiger partial charge in [0.15, 0.2) is 5.15 Å². The molecule has 3 atom stereocenters. The Morgan fingerprint density at radius 3 is 2.85 bits per heavy atom. The normalized spacial score (nSPS) is 23.0. The summed E-state index contributed by atoms with van der Waals surface area (Å²) in [4.78, 5) is 17.4. The number of hydrogen-bond donors (Lipinski definition) is 1. The van der Waals surface area contributed by atoms with Gasteiger partial charge < -0.3 is 5.11 Å². The van der Waals surface area contributed by atoms with E-state index in [4.69, 9.17) is 28.2 Å². The van der Waals surface area contributed by atoms with Gasteiger partial charge in [0, 0.05) is 22.6 Å². The standard InChI is InChI=1S/C17H13Cl2N5O2/c18-8-1-2-13(23-6-15(19)21-22-23)11(3-8)12-5-16(26)24-14(7-25)9-4-10(9)17(24)20-12/h1-3,5-6,9-10,14,25H,4,7H2/t9-,10+,14+/m0/s1. The summed E-state index contributed by atoms with van der Waals surface area (Å²) in [5, 5.41) is 18.2. The lowest BCUT2D eigenvalue weighted by Gasteiger charge is -2.16. The summed E-state index contributed by atoms with van der Waals surface area (Å²) in [5.74, 6) is 1.28. The Hall–Kier alpha value is -2.22. The highest BCUT2D eigenvalue weighted by atomic mass is 35.5. The third-order valence-electron chi connectivity index (χ3n) is 5.11. The van der Waals surface area contributed by atoms with Crippen molar-refractivity contribution < 1.29 is 5.11 Å². The summed E-state index contributed by atoms with van der Waals surface area (Å²) >= 11 is 12.1. The molecule has 26 heavy (non-hydrogen) atoms. The van der Waals surface area contributed by atoms with Crippen molar-refractivity contribution in [2.45, 2.75) is 18.4 Å². The number of hydrogen-bond acceptors (Lipinski definition) is 5. The van der Waals surface area contributed by atoms with E-state index in [2.05, 4.69) is 10.3 Å². The molecule has 1 aromatic carbocycles. The molecule has 1 aliphatic heterocycles. The van der Waals surface area contributed by atoms with Gasteiger partial charge in [0.25, 0.3) is 5.56 Å². The molecule has 3 heterocycles. The molecule has 0 spiro atoms. The summed E-state index contributed by atoms with van der Waals surface area (Å²) in [6.45, 7) is -0.0467. The Balaban J connectivity index is 1.70. The fourth-order valence-electron chi connectivity index (χ4n) is 3.86. The highest BCUT2D eigenvalue weighted by Crippen LogP contribution is 2.58. The van der Waals surface area contributed by atoms with Crippen molar-refractivity contribution >= 4 is 23.2 Å². The van der Waals surface area contributed by atoms with Crippen LogP contribution in [-0.4, -0.2) is 36.3 Å². The van der Waals surface area contributed by atoms with Crippen LogP contribution in [0.2, 0.25) is 10.2 Å². The fraction of sp³-hybridized carbons (Fsp3) is 0.294. The first kappa shape index (κ1) is 16.0. The number of aromatic nitrogens is 5. The smallest absolute Gasteiger partial charge is 0.254 e. The van der Waals surface area contributed by atoms with Gasteiger partial charge in [0.1, 0.15) is 5.82 Å². The van der Waals surface area contributed by atoms with Crippen molar-refractivity contribution in [1.29, 1.82) is 0 Å². The number of aliphatic hydroxyl groups is 1. The van der Waals surface area contributed by atoms with Crippen molar-refractivity contribution in [3.05, 3.63) is 56.8 Å². The Morgan fingerprint density at radius 1 is 1.27 bits per heavy atom. The zero-order valence-corrected chi connectivity index (χ0v) is 14.9. The van der Waals surface area contributed by atoms with Gasteiger partial charge in [-0.15, -0.1) is 5.10 Å². The summed E-state index contributed by atoms with van der Waals surface area (Å²) in [6, 6.07) is 6.57. The predicted octanol–water partition coefficient (Wildman–Crippen LogP) is 2.45. The highest BCUT2D eigenvalue weighted by molar-refractivity contribution is 6.31. The first-order chi connectivity index (χ1) is 12.6. The highest BCUT2D eigenvalue weighted by Gasteiger charge is 2.53. The molecule has 132 valence electrons. The third-order valence-corrected chi connectivity index (χ3v) is 5.52. The average molecular weight is 390 g/mol. The molecule has 0 amide bonds. The summed E-state index contributed by atoms with van der Waals surface area (Å²) in [5.41, 5.74) is 1.70. The van der Waals surface area contributed by atoms with Crippen LogP contribution in [0.3, 0.4) is 0 Å². The first-order valence-electron chi connectivity index (χ1n) is 8.19. The van der Waals surface area contributed by atoms with Gasteiger partial charge in [-0.05, 0) is 30.5 Å². The van der Waals surface area contributed by atoms with Gasteiger partial charge in [-0.3, -0.25) is 9.36 Å². The quantitative estimate of drug-likeness (QED) is 0.743. The molecule has 2 aromatic heterocycles. The van der Waals surface area contributed by atoms with E-state index in [9.17, 15) is 9.90 Å². The van der Waals surface area contributed by atoms with Crippen molar-refractivity contribution in [1.82, 2.24) is 24.5 Å². The maximum Gasteiger partial charge on any atom is 0.254 e. The van der Waals surface area contributed by atoms with E-state index in [0.717, 1.165) is 12.2 Å². The van der Waals surface area contributed by atoms with Crippen LogP contribution in [0.5, 0.6) is 0 Å². The molecule has 0 radical (unpaired) electrons. The molecular formula is C17H13Cl2N5O2. The maximum atomic E-state index is 12.7. The molecule has 9 heteroatoms. The molecule has 0 saturated heterocycles. The average Bonchev–Trinajstić information content (AvgIpc) is 3.18. The molecule has 1 fully saturated rings. The number of halogens is 2. The van der Waals surface area contributed by atoms with Gasteiger partial charge in [0.2, 0.25) is 0 Å². The zero-order valence-electron chi connectivity index (χ0n) is 13.4. The minimum absolute atomic E-state index is 0.0467. The number of rotatable bonds is 3. The van der Waals surface area contributed by atoms with Crippen molar-refractivity contribution in [2.75, 3.05) is 6.61 Å². The maximum absolute atomic E-state index is 12.7. The number of nitrogens with zero attached hydrogens (tertiary/aromatic N) is 5. The van der Waals surface area contributed by atoms with Gasteiger partial charge >= 0.3 is 0 Å². The SMILES string of the molecule is O=c1cc(-c2cc(Cl)ccc2-n2cc(Cl)nn2)nc2n1[C@H](CO)[C@H]1C[C@@H]21. The van der Waals surface area contributed by atoms with Crippen molar-refractivity contribution in [3.63, 3.8) is 0 Å². The molecule has 5 rings (SSSR count). The fourth-order valence-corrected chi connectivity index (χ4v) is 4.16. The number of benzene rings is 1. The third kappa shape index (κ3) is 2.31. The molecule has 1 N–H and O–H groups in total. The van der Waals surface area contributed by atoms with E-state index in [1.807, 2.05) is 0 Å². The predicted molar refractivity (Wildman–Crippen MR) is 95.8 cm³/mol. The monoisotopic (exact) mass is 389 g/mol. The molecule has 3 aromatic rings. The zero-order chi connectivity index (χ0) is 18.0. The van der Waals surface area contributed by atoms with E-state index in [0.29, 0.717) is 27.9 Å². The van der Waals surface area contributed by atoms with Crippen LogP contribution in [-0.2, 0) is 0 Å². The van der Waals surface area contributed by atoms with Gasteiger partial charge in [-0.2, -0.15) is 0 Å². The van der Waals surface area contributed by atoms with Gasteiger partial charge in [-0.25, -0.2) is 9.67 Å². The molecule has 1 aliphatic carbocycles. The van der Waals surface area contributed by atoms with Crippen LogP contribution in [0.4, 0.5) is 0 Å². The van der Waals surface area contributed by atoms with E-state index >= 15 is 0 Å². The summed E-state index contributed by atoms with van der Waals surface area (Å²) in [6.07, 6.45) is 2.54. The molecular weight excluding hydrogens is 377 g/mol. The second-order valence-corrected chi connectivity index (χ2v) is 7.43. The minimum Gasteiger partial charge on any atom is -0.394 e. The summed E-state index contributed by atoms with van der Waals surface area (Å²) < 4.78 is 3.15. The van der Waals surface area contributed by atoms with E-state index in [1.54, 1.807) is 29.0 Å². The molecule has 2 aliphatic rings. The minimum atomic E-state index is -0.169. The van der Waals surface area contributed by atoms with E-state index in [-0.39, 0.29) is 29.3 Å². The molecule has 1 saturated carbocycles. The topological polar surface area (TPSA) is 85.8 Å². The van der Waals surface area contributed by atoms with Crippen molar-refractivity contribution in [2.24, 2.45) is 5.92 Å². The van der Waals surface area contributed by atoms with Crippen LogP contribution >= 0.6 is 23.2 Å². The van der Waals surface area contributed by atoms with Crippen LogP contribution in [0, 0.1) is 5.92 Å². The first-order valence-corrected chi connectivity index (χ1v) is 8.95. The van der Waals surface area contributed by atoms with E-state index < -0.39 is 0 Å². The van der Waals surface area contributed by atoms with Crippen LogP contribution in [0.15, 0.2) is 35.3 Å².